The predicted octanol–water partition coefficient (Wildman–Crippen LogP) is 2.58. The highest BCUT2D eigenvalue weighted by molar-refractivity contribution is 6.02. The molecule has 138 valence electrons. The van der Waals surface area contributed by atoms with Crippen LogP contribution in [0.15, 0.2) is 48.5 Å². The lowest BCUT2D eigenvalue weighted by molar-refractivity contribution is -0.118. The number of para-hydroxylation sites is 1. The number of aliphatic hydroxyl groups is 1. The number of anilines is 1. The van der Waals surface area contributed by atoms with E-state index in [0.29, 0.717) is 22.6 Å². The maximum atomic E-state index is 12.7. The molecule has 0 aliphatic rings. The van der Waals surface area contributed by atoms with Crippen molar-refractivity contribution >= 4 is 17.5 Å². The largest absolute Gasteiger partial charge is 0.496 e. The molecule has 2 rings (SSSR count). The van der Waals surface area contributed by atoms with Crippen LogP contribution in [-0.4, -0.2) is 30.1 Å². The van der Waals surface area contributed by atoms with E-state index >= 15 is 0 Å². The van der Waals surface area contributed by atoms with Crippen molar-refractivity contribution in [1.82, 2.24) is 5.32 Å². The smallest absolute Gasteiger partial charge is 0.255 e. The Morgan fingerprint density at radius 3 is 2.50 bits per heavy atom. The van der Waals surface area contributed by atoms with Crippen molar-refractivity contribution in [2.45, 2.75) is 26.5 Å². The third-order valence-corrected chi connectivity index (χ3v) is 3.96. The highest BCUT2D eigenvalue weighted by atomic mass is 16.5. The minimum Gasteiger partial charge on any atom is -0.496 e. The van der Waals surface area contributed by atoms with Gasteiger partial charge in [0.15, 0.2) is 0 Å². The fourth-order valence-electron chi connectivity index (χ4n) is 2.55. The first kappa shape index (κ1) is 19.5. The summed E-state index contributed by atoms with van der Waals surface area (Å²) >= 11 is 0. The van der Waals surface area contributed by atoms with Gasteiger partial charge in [-0.15, -0.1) is 0 Å². The first-order valence-corrected chi connectivity index (χ1v) is 8.40. The third kappa shape index (κ3) is 4.83. The second-order valence-electron chi connectivity index (χ2n) is 6.24. The van der Waals surface area contributed by atoms with Crippen LogP contribution in [0.3, 0.4) is 0 Å². The molecule has 0 bridgehead atoms. The molecule has 0 radical (unpaired) electrons. The number of carbonyl (C=O) groups is 2. The second kappa shape index (κ2) is 9.01. The Balaban J connectivity index is 2.14. The molecule has 2 aromatic rings. The maximum Gasteiger partial charge on any atom is 0.255 e. The highest BCUT2D eigenvalue weighted by Gasteiger charge is 2.25. The van der Waals surface area contributed by atoms with Crippen molar-refractivity contribution in [3.8, 4) is 5.75 Å². The zero-order valence-electron chi connectivity index (χ0n) is 15.2. The third-order valence-electron chi connectivity index (χ3n) is 3.96. The van der Waals surface area contributed by atoms with Gasteiger partial charge < -0.3 is 20.5 Å². The summed E-state index contributed by atoms with van der Waals surface area (Å²) in [5, 5.41) is 14.8. The van der Waals surface area contributed by atoms with Crippen LogP contribution in [0.2, 0.25) is 0 Å². The summed E-state index contributed by atoms with van der Waals surface area (Å²) in [6.07, 6.45) is 0. The van der Waals surface area contributed by atoms with E-state index in [-0.39, 0.29) is 24.3 Å². The summed E-state index contributed by atoms with van der Waals surface area (Å²) in [7, 11) is 1.49. The van der Waals surface area contributed by atoms with Crippen LogP contribution in [0.4, 0.5) is 5.69 Å². The van der Waals surface area contributed by atoms with E-state index in [1.165, 1.54) is 7.11 Å². The molecule has 2 aromatic carbocycles. The molecular weight excluding hydrogens is 332 g/mol. The first-order valence-electron chi connectivity index (χ1n) is 8.40. The molecule has 0 spiro atoms. The van der Waals surface area contributed by atoms with Crippen molar-refractivity contribution in [3.05, 3.63) is 59.7 Å². The van der Waals surface area contributed by atoms with E-state index < -0.39 is 6.04 Å². The average Bonchev–Trinajstić information content (AvgIpc) is 2.65. The minimum atomic E-state index is -0.717. The monoisotopic (exact) mass is 356 g/mol. The molecule has 1 atom stereocenters. The zero-order chi connectivity index (χ0) is 19.1. The molecule has 0 heterocycles. The van der Waals surface area contributed by atoms with Gasteiger partial charge in [-0.3, -0.25) is 9.59 Å². The van der Waals surface area contributed by atoms with Crippen molar-refractivity contribution in [2.75, 3.05) is 12.4 Å². The number of carbonyl (C=O) groups excluding carboxylic acids is 2. The molecule has 26 heavy (non-hydrogen) atoms. The molecule has 2 amide bonds. The standard InChI is InChI=1S/C20H24N2O4/c1-13(2)18(20(25)21-15-8-6-7-14(11-15)12-23)22-19(24)16-9-4-5-10-17(16)26-3/h4-11,13,18,23H,12H2,1-3H3,(H,21,25)(H,22,24). The van der Waals surface area contributed by atoms with Gasteiger partial charge in [-0.2, -0.15) is 0 Å². The summed E-state index contributed by atoms with van der Waals surface area (Å²) in [4.78, 5) is 25.2. The molecule has 3 N–H and O–H groups in total. The first-order chi connectivity index (χ1) is 12.5. The Morgan fingerprint density at radius 1 is 1.12 bits per heavy atom. The van der Waals surface area contributed by atoms with E-state index in [0.717, 1.165) is 0 Å². The number of rotatable bonds is 7. The lowest BCUT2D eigenvalue weighted by Crippen LogP contribution is -2.47. The van der Waals surface area contributed by atoms with E-state index in [9.17, 15) is 14.7 Å². The number of amides is 2. The molecule has 0 saturated heterocycles. The zero-order valence-corrected chi connectivity index (χ0v) is 15.2. The second-order valence-corrected chi connectivity index (χ2v) is 6.24. The Morgan fingerprint density at radius 2 is 1.85 bits per heavy atom. The lowest BCUT2D eigenvalue weighted by Gasteiger charge is -2.22. The number of hydrogen-bond donors (Lipinski definition) is 3. The number of nitrogens with one attached hydrogen (secondary N) is 2. The molecule has 0 aromatic heterocycles. The van der Waals surface area contributed by atoms with Gasteiger partial charge in [-0.25, -0.2) is 0 Å². The summed E-state index contributed by atoms with van der Waals surface area (Å²) < 4.78 is 5.21. The predicted molar refractivity (Wildman–Crippen MR) is 100 cm³/mol. The lowest BCUT2D eigenvalue weighted by atomic mass is 10.0. The Bertz CT molecular complexity index is 774. The van der Waals surface area contributed by atoms with E-state index in [1.807, 2.05) is 13.8 Å². The van der Waals surface area contributed by atoms with Crippen LogP contribution >= 0.6 is 0 Å². The Labute approximate surface area is 153 Å². The molecule has 0 aliphatic heterocycles. The average molecular weight is 356 g/mol. The number of ether oxygens (including phenoxy) is 1. The quantitative estimate of drug-likeness (QED) is 0.711. The topological polar surface area (TPSA) is 87.7 Å². The summed E-state index contributed by atoms with van der Waals surface area (Å²) in [6.45, 7) is 3.61. The maximum absolute atomic E-state index is 12.7. The van der Waals surface area contributed by atoms with Crippen molar-refractivity contribution in [1.29, 1.82) is 0 Å². The van der Waals surface area contributed by atoms with Gasteiger partial charge in [0.2, 0.25) is 5.91 Å². The molecule has 0 aliphatic carbocycles. The summed E-state index contributed by atoms with van der Waals surface area (Å²) in [5.74, 6) is -0.364. The number of aliphatic hydroxyl groups excluding tert-OH is 1. The fraction of sp³-hybridized carbons (Fsp3) is 0.300. The van der Waals surface area contributed by atoms with Crippen LogP contribution in [0.5, 0.6) is 5.75 Å². The minimum absolute atomic E-state index is 0.109. The van der Waals surface area contributed by atoms with Crippen molar-refractivity contribution < 1.29 is 19.4 Å². The van der Waals surface area contributed by atoms with Gasteiger partial charge >= 0.3 is 0 Å². The van der Waals surface area contributed by atoms with Crippen molar-refractivity contribution in [2.24, 2.45) is 5.92 Å². The summed E-state index contributed by atoms with van der Waals surface area (Å²) in [5.41, 5.74) is 1.64. The van der Waals surface area contributed by atoms with Crippen LogP contribution in [0, 0.1) is 5.92 Å². The van der Waals surface area contributed by atoms with Crippen LogP contribution in [0.1, 0.15) is 29.8 Å². The molecule has 1 unspecified atom stereocenters. The SMILES string of the molecule is COc1ccccc1C(=O)NC(C(=O)Nc1cccc(CO)c1)C(C)C. The number of methoxy groups -OCH3 is 1. The highest BCUT2D eigenvalue weighted by Crippen LogP contribution is 2.18. The van der Waals surface area contributed by atoms with Gasteiger partial charge in [0.05, 0.1) is 19.3 Å². The van der Waals surface area contributed by atoms with Gasteiger partial charge in [-0.05, 0) is 35.7 Å². The van der Waals surface area contributed by atoms with Gasteiger partial charge in [-0.1, -0.05) is 38.1 Å². The van der Waals surface area contributed by atoms with E-state index in [1.54, 1.807) is 48.5 Å². The Kier molecular flexibility index (Phi) is 6.74. The van der Waals surface area contributed by atoms with Crippen LogP contribution < -0.4 is 15.4 Å². The normalized spacial score (nSPS) is 11.7. The van der Waals surface area contributed by atoms with E-state index in [2.05, 4.69) is 10.6 Å². The fourth-order valence-corrected chi connectivity index (χ4v) is 2.55. The van der Waals surface area contributed by atoms with E-state index in [4.69, 9.17) is 4.74 Å². The van der Waals surface area contributed by atoms with Crippen LogP contribution in [0.25, 0.3) is 0 Å². The molecule has 0 saturated carbocycles. The molecule has 6 heteroatoms. The summed E-state index contributed by atoms with van der Waals surface area (Å²) in [6, 6.07) is 13.1. The van der Waals surface area contributed by atoms with Crippen LogP contribution in [-0.2, 0) is 11.4 Å². The molecule has 6 nitrogen and oxygen atoms in total. The van der Waals surface area contributed by atoms with Gasteiger partial charge in [0.25, 0.3) is 5.91 Å². The van der Waals surface area contributed by atoms with Crippen molar-refractivity contribution in [3.63, 3.8) is 0 Å². The molecule has 0 fully saturated rings. The van der Waals surface area contributed by atoms with Gasteiger partial charge in [0, 0.05) is 5.69 Å². The number of hydrogen-bond acceptors (Lipinski definition) is 4. The number of benzene rings is 2. The Hall–Kier alpha value is -2.86. The molecular formula is C20H24N2O4. The van der Waals surface area contributed by atoms with Gasteiger partial charge in [0.1, 0.15) is 11.8 Å².